The van der Waals surface area contributed by atoms with E-state index in [2.05, 4.69) is 11.9 Å². The summed E-state index contributed by atoms with van der Waals surface area (Å²) in [5.74, 6) is -2.51. The van der Waals surface area contributed by atoms with E-state index in [4.69, 9.17) is 10.2 Å². The van der Waals surface area contributed by atoms with Gasteiger partial charge in [-0.05, 0) is 13.3 Å². The Morgan fingerprint density at radius 1 is 1.33 bits per heavy atom. The molecule has 112 valence electrons. The highest BCUT2D eigenvalue weighted by molar-refractivity contribution is 7.17. The number of carboxylic acids is 2. The molecule has 0 aromatic carbocycles. The molecule has 0 radical (unpaired) electrons. The van der Waals surface area contributed by atoms with Crippen molar-refractivity contribution in [3.8, 4) is 0 Å². The van der Waals surface area contributed by atoms with Crippen LogP contribution >= 0.6 is 11.3 Å². The van der Waals surface area contributed by atoms with E-state index in [1.165, 1.54) is 4.88 Å². The highest BCUT2D eigenvalue weighted by atomic mass is 32.1. The number of rotatable bonds is 3. The number of thiazole rings is 1. The van der Waals surface area contributed by atoms with E-state index in [9.17, 15) is 14.4 Å². The van der Waals surface area contributed by atoms with Crippen molar-refractivity contribution in [2.45, 2.75) is 20.3 Å². The summed E-state index contributed by atoms with van der Waals surface area (Å²) < 4.78 is 1.61. The monoisotopic (exact) mass is 310 g/mol. The number of nitrogens with zero attached hydrogens (tertiary/aromatic N) is 2. The first-order valence-corrected chi connectivity index (χ1v) is 6.77. The first-order chi connectivity index (χ1) is 9.83. The van der Waals surface area contributed by atoms with Gasteiger partial charge in [-0.15, -0.1) is 11.3 Å². The smallest absolute Gasteiger partial charge is 0.328 e. The van der Waals surface area contributed by atoms with Crippen LogP contribution < -0.4 is 5.56 Å². The number of aromatic nitrogens is 2. The van der Waals surface area contributed by atoms with Crippen molar-refractivity contribution in [1.82, 2.24) is 9.38 Å². The molecule has 2 N–H and O–H groups in total. The van der Waals surface area contributed by atoms with Gasteiger partial charge in [0.05, 0.1) is 0 Å². The molecule has 0 amide bonds. The molecule has 0 saturated heterocycles. The number of fused-ring (bicyclic) bond motifs is 1. The fourth-order valence-corrected chi connectivity index (χ4v) is 2.33. The average Bonchev–Trinajstić information content (AvgIpc) is 2.80. The molecular formula is C13H14N2O5S. The predicted molar refractivity (Wildman–Crippen MR) is 77.9 cm³/mol. The standard InChI is InChI=1S/C9H10N2OS.C4H4O4/c1-3-7-5-11-8(12)4-6(2)10-9(11)13-7;5-3(6)1-2-4(7)8/h4-5H,3H2,1-2H3;1-2H,(H,5,6)(H,7,8)/b;2-1-. The minimum Gasteiger partial charge on any atom is -0.478 e. The van der Waals surface area contributed by atoms with Crippen molar-refractivity contribution in [3.05, 3.63) is 45.3 Å². The summed E-state index contributed by atoms with van der Waals surface area (Å²) in [7, 11) is 0. The highest BCUT2D eigenvalue weighted by Crippen LogP contribution is 2.14. The number of aryl methyl sites for hydroxylation is 2. The molecule has 0 unspecified atom stereocenters. The van der Waals surface area contributed by atoms with Crippen LogP contribution in [0.15, 0.2) is 29.2 Å². The minimum absolute atomic E-state index is 0.0125. The molecule has 8 heteroatoms. The molecule has 0 saturated carbocycles. The third-order valence-electron chi connectivity index (χ3n) is 2.26. The predicted octanol–water partition coefficient (Wildman–Crippen LogP) is 1.34. The molecule has 0 atom stereocenters. The molecule has 7 nitrogen and oxygen atoms in total. The number of carboxylic acid groups (broad SMARTS) is 2. The molecule has 2 aromatic rings. The maximum Gasteiger partial charge on any atom is 0.328 e. The molecule has 21 heavy (non-hydrogen) atoms. The molecule has 2 heterocycles. The quantitative estimate of drug-likeness (QED) is 0.828. The molecule has 0 bridgehead atoms. The van der Waals surface area contributed by atoms with Crippen LogP contribution in [0.1, 0.15) is 17.5 Å². The van der Waals surface area contributed by atoms with Crippen molar-refractivity contribution in [3.63, 3.8) is 0 Å². The maximum absolute atomic E-state index is 11.5. The number of carbonyl (C=O) groups is 2. The van der Waals surface area contributed by atoms with Crippen LogP contribution in [0.4, 0.5) is 0 Å². The maximum atomic E-state index is 11.5. The Kier molecular flexibility index (Phi) is 5.79. The van der Waals surface area contributed by atoms with Crippen LogP contribution in [0.5, 0.6) is 0 Å². The number of aliphatic carboxylic acids is 2. The van der Waals surface area contributed by atoms with Gasteiger partial charge in [0.2, 0.25) is 0 Å². The Balaban J connectivity index is 0.000000240. The SMILES string of the molecule is CCc1cn2c(=O)cc(C)nc2s1.O=C(O)/C=C\C(=O)O. The molecule has 2 rings (SSSR count). The third kappa shape index (κ3) is 5.19. The zero-order valence-electron chi connectivity index (χ0n) is 11.4. The van der Waals surface area contributed by atoms with E-state index in [0.29, 0.717) is 12.2 Å². The van der Waals surface area contributed by atoms with E-state index in [0.717, 1.165) is 17.1 Å². The van der Waals surface area contributed by atoms with Crippen molar-refractivity contribution in [2.75, 3.05) is 0 Å². The first-order valence-electron chi connectivity index (χ1n) is 5.96. The third-order valence-corrected chi connectivity index (χ3v) is 3.39. The second-order valence-electron chi connectivity index (χ2n) is 3.95. The van der Waals surface area contributed by atoms with Crippen LogP contribution in [-0.4, -0.2) is 31.5 Å². The molecule has 0 aliphatic rings. The van der Waals surface area contributed by atoms with Gasteiger partial charge in [0.1, 0.15) is 0 Å². The molecule has 0 spiro atoms. The van der Waals surface area contributed by atoms with E-state index >= 15 is 0 Å². The van der Waals surface area contributed by atoms with Gasteiger partial charge in [-0.3, -0.25) is 9.20 Å². The summed E-state index contributed by atoms with van der Waals surface area (Å²) in [6.45, 7) is 3.91. The van der Waals surface area contributed by atoms with Crippen LogP contribution in [0.2, 0.25) is 0 Å². The van der Waals surface area contributed by atoms with Gasteiger partial charge >= 0.3 is 11.9 Å². The van der Waals surface area contributed by atoms with Gasteiger partial charge in [0.15, 0.2) is 4.96 Å². The lowest BCUT2D eigenvalue weighted by atomic mass is 10.4. The fraction of sp³-hybridized carbons (Fsp3) is 0.231. The van der Waals surface area contributed by atoms with Crippen LogP contribution in [0, 0.1) is 6.92 Å². The Hall–Kier alpha value is -2.48. The largest absolute Gasteiger partial charge is 0.478 e. The minimum atomic E-state index is -1.26. The Bertz CT molecular complexity index is 729. The lowest BCUT2D eigenvalue weighted by Gasteiger charge is -1.91. The van der Waals surface area contributed by atoms with E-state index in [1.54, 1.807) is 21.8 Å². The summed E-state index contributed by atoms with van der Waals surface area (Å²) in [4.78, 5) is 36.8. The molecule has 2 aromatic heterocycles. The van der Waals surface area contributed by atoms with Crippen LogP contribution in [0.3, 0.4) is 0 Å². The van der Waals surface area contributed by atoms with Crippen LogP contribution in [-0.2, 0) is 16.0 Å². The van der Waals surface area contributed by atoms with Gasteiger partial charge in [-0.2, -0.15) is 0 Å². The molecular weight excluding hydrogens is 296 g/mol. The summed E-state index contributed by atoms with van der Waals surface area (Å²) >= 11 is 1.58. The normalized spacial score (nSPS) is 10.4. The van der Waals surface area contributed by atoms with Gasteiger partial charge in [0, 0.05) is 35.0 Å². The number of hydrogen-bond donors (Lipinski definition) is 2. The van der Waals surface area contributed by atoms with E-state index in [1.807, 2.05) is 13.1 Å². The molecule has 0 aliphatic carbocycles. The Morgan fingerprint density at radius 2 is 1.90 bits per heavy atom. The highest BCUT2D eigenvalue weighted by Gasteiger charge is 2.03. The topological polar surface area (TPSA) is 109 Å². The second kappa shape index (κ2) is 7.34. The zero-order valence-corrected chi connectivity index (χ0v) is 12.3. The summed E-state index contributed by atoms with van der Waals surface area (Å²) in [6.07, 6.45) is 3.94. The fourth-order valence-electron chi connectivity index (χ4n) is 1.36. The Morgan fingerprint density at radius 3 is 2.38 bits per heavy atom. The van der Waals surface area contributed by atoms with E-state index in [-0.39, 0.29) is 5.56 Å². The summed E-state index contributed by atoms with van der Waals surface area (Å²) in [5.41, 5.74) is 0.799. The van der Waals surface area contributed by atoms with Crippen molar-refractivity contribution >= 4 is 28.2 Å². The Labute approximate surface area is 123 Å². The van der Waals surface area contributed by atoms with Gasteiger partial charge < -0.3 is 10.2 Å². The van der Waals surface area contributed by atoms with Crippen molar-refractivity contribution < 1.29 is 19.8 Å². The van der Waals surface area contributed by atoms with Crippen molar-refractivity contribution in [1.29, 1.82) is 0 Å². The second-order valence-corrected chi connectivity index (χ2v) is 5.04. The van der Waals surface area contributed by atoms with Crippen molar-refractivity contribution in [2.24, 2.45) is 0 Å². The van der Waals surface area contributed by atoms with E-state index < -0.39 is 11.9 Å². The van der Waals surface area contributed by atoms with Gasteiger partial charge in [0.25, 0.3) is 5.56 Å². The molecule has 0 fully saturated rings. The zero-order chi connectivity index (χ0) is 16.0. The van der Waals surface area contributed by atoms with Crippen LogP contribution in [0.25, 0.3) is 4.96 Å². The van der Waals surface area contributed by atoms with Gasteiger partial charge in [-0.25, -0.2) is 14.6 Å². The average molecular weight is 310 g/mol. The summed E-state index contributed by atoms with van der Waals surface area (Å²) in [5, 5.41) is 15.6. The first kappa shape index (κ1) is 16.6. The summed E-state index contributed by atoms with van der Waals surface area (Å²) in [6, 6.07) is 1.55. The lowest BCUT2D eigenvalue weighted by Crippen LogP contribution is -2.11. The lowest BCUT2D eigenvalue weighted by molar-refractivity contribution is -0.134. The van der Waals surface area contributed by atoms with Gasteiger partial charge in [-0.1, -0.05) is 6.92 Å². The molecule has 0 aliphatic heterocycles. The number of hydrogen-bond acceptors (Lipinski definition) is 5.